The molecular weight excluding hydrogens is 464 g/mol. The van der Waals surface area contributed by atoms with E-state index < -0.39 is 6.10 Å². The molecule has 0 spiro atoms. The summed E-state index contributed by atoms with van der Waals surface area (Å²) in [6, 6.07) is 9.91. The standard InChI is InChI=1S/C30H46N4O3/c1-5-15-32-19-25(16-22-11-7-6-8-12-22)34(29(32)37)21-26(35)20-33-18-24-14-10-9-13-23(24)17-27(33)28(36)31-30(2,3)4/h5-8,11-12,23-27,35H,1,9-10,13-21H2,2-4H3,(H,31,36)/t23-,24+,25-,26?,27?/m0/s1. The van der Waals surface area contributed by atoms with Gasteiger partial charge in [0, 0.05) is 38.3 Å². The average molecular weight is 511 g/mol. The number of nitrogens with zero attached hydrogens (tertiary/aromatic N) is 3. The van der Waals surface area contributed by atoms with Crippen LogP contribution in [0.3, 0.4) is 0 Å². The number of carbonyl (C=O) groups excluding carboxylic acids is 2. The van der Waals surface area contributed by atoms with E-state index in [1.165, 1.54) is 31.2 Å². The number of piperidine rings is 1. The lowest BCUT2D eigenvalue weighted by molar-refractivity contribution is -0.132. The number of hydrogen-bond acceptors (Lipinski definition) is 4. The van der Waals surface area contributed by atoms with Crippen molar-refractivity contribution < 1.29 is 14.7 Å². The van der Waals surface area contributed by atoms with Gasteiger partial charge in [0.15, 0.2) is 0 Å². The lowest BCUT2D eigenvalue weighted by Crippen LogP contribution is -2.59. The second kappa shape index (κ2) is 12.0. The summed E-state index contributed by atoms with van der Waals surface area (Å²) in [5.41, 5.74) is 0.880. The highest BCUT2D eigenvalue weighted by Gasteiger charge is 2.42. The van der Waals surface area contributed by atoms with Gasteiger partial charge < -0.3 is 20.2 Å². The van der Waals surface area contributed by atoms with Gasteiger partial charge in [0.2, 0.25) is 5.91 Å². The van der Waals surface area contributed by atoms with Gasteiger partial charge in [-0.2, -0.15) is 0 Å². The molecule has 1 aromatic rings. The molecule has 1 saturated carbocycles. The fraction of sp³-hybridized carbons (Fsp3) is 0.667. The van der Waals surface area contributed by atoms with Crippen molar-refractivity contribution in [2.24, 2.45) is 11.8 Å². The summed E-state index contributed by atoms with van der Waals surface area (Å²) in [5.74, 6) is 1.22. The van der Waals surface area contributed by atoms with E-state index in [0.717, 1.165) is 19.4 Å². The van der Waals surface area contributed by atoms with Crippen LogP contribution in [0.4, 0.5) is 4.79 Å². The molecule has 2 heterocycles. The number of urea groups is 1. The summed E-state index contributed by atoms with van der Waals surface area (Å²) < 4.78 is 0. The lowest BCUT2D eigenvalue weighted by Gasteiger charge is -2.46. The first kappa shape index (κ1) is 27.6. The Balaban J connectivity index is 1.46. The van der Waals surface area contributed by atoms with Crippen LogP contribution in [0.1, 0.15) is 58.4 Å². The van der Waals surface area contributed by atoms with Crippen molar-refractivity contribution in [3.05, 3.63) is 48.6 Å². The first-order chi connectivity index (χ1) is 17.6. The van der Waals surface area contributed by atoms with E-state index >= 15 is 0 Å². The highest BCUT2D eigenvalue weighted by Crippen LogP contribution is 2.39. The van der Waals surface area contributed by atoms with Crippen molar-refractivity contribution in [2.45, 2.75) is 83.0 Å². The SMILES string of the molecule is C=CCN1C[C@H](Cc2ccccc2)N(CC(O)CN2C[C@H]3CCCC[C@H]3CC2C(=O)NC(C)(C)C)C1=O. The highest BCUT2D eigenvalue weighted by atomic mass is 16.3. The summed E-state index contributed by atoms with van der Waals surface area (Å²) in [6.45, 7) is 12.5. The largest absolute Gasteiger partial charge is 0.390 e. The van der Waals surface area contributed by atoms with Gasteiger partial charge in [-0.05, 0) is 57.4 Å². The van der Waals surface area contributed by atoms with E-state index in [1.807, 2.05) is 43.9 Å². The predicted octanol–water partition coefficient (Wildman–Crippen LogP) is 3.68. The predicted molar refractivity (Wildman–Crippen MR) is 147 cm³/mol. The van der Waals surface area contributed by atoms with E-state index in [2.05, 4.69) is 28.9 Å². The molecular formula is C30H46N4O3. The fourth-order valence-corrected chi connectivity index (χ4v) is 6.55. The van der Waals surface area contributed by atoms with Gasteiger partial charge in [-0.3, -0.25) is 9.69 Å². The molecule has 3 fully saturated rings. The van der Waals surface area contributed by atoms with Crippen molar-refractivity contribution in [3.63, 3.8) is 0 Å². The second-order valence-corrected chi connectivity index (χ2v) is 12.4. The maximum atomic E-state index is 13.3. The second-order valence-electron chi connectivity index (χ2n) is 12.4. The fourth-order valence-electron chi connectivity index (χ4n) is 6.55. The summed E-state index contributed by atoms with van der Waals surface area (Å²) in [7, 11) is 0. The molecule has 1 aliphatic carbocycles. The molecule has 2 N–H and O–H groups in total. The number of carbonyl (C=O) groups is 2. The van der Waals surface area contributed by atoms with Crippen molar-refractivity contribution in [2.75, 3.05) is 32.7 Å². The summed E-state index contributed by atoms with van der Waals surface area (Å²) in [5, 5.41) is 14.5. The van der Waals surface area contributed by atoms with Crippen molar-refractivity contribution >= 4 is 11.9 Å². The molecule has 3 amide bonds. The molecule has 5 atom stereocenters. The third-order valence-corrected chi connectivity index (χ3v) is 8.21. The van der Waals surface area contributed by atoms with E-state index in [0.29, 0.717) is 31.5 Å². The molecule has 0 bridgehead atoms. The Morgan fingerprint density at radius 2 is 1.84 bits per heavy atom. The highest BCUT2D eigenvalue weighted by molar-refractivity contribution is 5.82. The van der Waals surface area contributed by atoms with Crippen LogP contribution in [0.2, 0.25) is 0 Å². The Hall–Kier alpha value is -2.38. The molecule has 2 saturated heterocycles. The number of amides is 3. The van der Waals surface area contributed by atoms with Crippen LogP contribution >= 0.6 is 0 Å². The Morgan fingerprint density at radius 1 is 1.14 bits per heavy atom. The Labute approximate surface area is 222 Å². The molecule has 0 radical (unpaired) electrons. The first-order valence-corrected chi connectivity index (χ1v) is 14.1. The average Bonchev–Trinajstić information content (AvgIpc) is 3.12. The number of β-amino-alcohol motifs (C(OH)–C–C–N with tert-alkyl or cyclic N) is 1. The zero-order valence-electron chi connectivity index (χ0n) is 22.9. The van der Waals surface area contributed by atoms with E-state index in [9.17, 15) is 14.7 Å². The van der Waals surface area contributed by atoms with Crippen LogP contribution in [0, 0.1) is 11.8 Å². The summed E-state index contributed by atoms with van der Waals surface area (Å²) in [6.07, 6.45) is 7.52. The van der Waals surface area contributed by atoms with Crippen molar-refractivity contribution in [3.8, 4) is 0 Å². The van der Waals surface area contributed by atoms with Crippen LogP contribution in [0.25, 0.3) is 0 Å². The molecule has 2 unspecified atom stereocenters. The minimum Gasteiger partial charge on any atom is -0.390 e. The lowest BCUT2D eigenvalue weighted by atomic mass is 9.72. The molecule has 3 aliphatic rings. The number of likely N-dealkylation sites (tertiary alicyclic amines) is 1. The third-order valence-electron chi connectivity index (χ3n) is 8.21. The van der Waals surface area contributed by atoms with Crippen LogP contribution in [0.5, 0.6) is 0 Å². The minimum atomic E-state index is -0.726. The number of aliphatic hydroxyl groups excluding tert-OH is 1. The molecule has 7 heteroatoms. The minimum absolute atomic E-state index is 0.00596. The third kappa shape index (κ3) is 7.14. The zero-order chi connectivity index (χ0) is 26.6. The molecule has 4 rings (SSSR count). The number of hydrogen-bond donors (Lipinski definition) is 2. The van der Waals surface area contributed by atoms with Crippen molar-refractivity contribution in [1.82, 2.24) is 20.0 Å². The zero-order valence-corrected chi connectivity index (χ0v) is 22.9. The molecule has 0 aromatic heterocycles. The van der Waals surface area contributed by atoms with Gasteiger partial charge in [0.05, 0.1) is 18.2 Å². The smallest absolute Gasteiger partial charge is 0.320 e. The van der Waals surface area contributed by atoms with Gasteiger partial charge >= 0.3 is 6.03 Å². The van der Waals surface area contributed by atoms with Crippen LogP contribution in [0.15, 0.2) is 43.0 Å². The summed E-state index contributed by atoms with van der Waals surface area (Å²) in [4.78, 5) is 32.4. The monoisotopic (exact) mass is 510 g/mol. The molecule has 7 nitrogen and oxygen atoms in total. The van der Waals surface area contributed by atoms with E-state index in [1.54, 1.807) is 11.0 Å². The van der Waals surface area contributed by atoms with Gasteiger partial charge in [-0.1, -0.05) is 55.7 Å². The topological polar surface area (TPSA) is 76.1 Å². The maximum absolute atomic E-state index is 13.3. The molecule has 1 aromatic carbocycles. The van der Waals surface area contributed by atoms with Crippen molar-refractivity contribution in [1.29, 1.82) is 0 Å². The molecule has 204 valence electrons. The summed E-state index contributed by atoms with van der Waals surface area (Å²) >= 11 is 0. The van der Waals surface area contributed by atoms with E-state index in [-0.39, 0.29) is 36.1 Å². The van der Waals surface area contributed by atoms with Gasteiger partial charge in [0.1, 0.15) is 0 Å². The number of rotatable bonds is 9. The van der Waals surface area contributed by atoms with Gasteiger partial charge in [0.25, 0.3) is 0 Å². The first-order valence-electron chi connectivity index (χ1n) is 14.1. The number of fused-ring (bicyclic) bond motifs is 1. The van der Waals surface area contributed by atoms with Crippen LogP contribution in [-0.2, 0) is 11.2 Å². The normalized spacial score (nSPS) is 27.6. The van der Waals surface area contributed by atoms with Crippen LogP contribution in [-0.4, -0.2) is 88.2 Å². The Morgan fingerprint density at radius 3 is 2.51 bits per heavy atom. The van der Waals surface area contributed by atoms with Gasteiger partial charge in [-0.15, -0.1) is 6.58 Å². The maximum Gasteiger partial charge on any atom is 0.320 e. The number of nitrogens with one attached hydrogen (secondary N) is 1. The molecule has 2 aliphatic heterocycles. The van der Waals surface area contributed by atoms with E-state index in [4.69, 9.17) is 0 Å². The number of aliphatic hydroxyl groups is 1. The van der Waals surface area contributed by atoms with Gasteiger partial charge in [-0.25, -0.2) is 4.79 Å². The van der Waals surface area contributed by atoms with Crippen LogP contribution < -0.4 is 5.32 Å². The Bertz CT molecular complexity index is 931. The quantitative estimate of drug-likeness (QED) is 0.497. The molecule has 37 heavy (non-hydrogen) atoms. The number of benzene rings is 1. The Kier molecular flexibility index (Phi) is 8.96.